The summed E-state index contributed by atoms with van der Waals surface area (Å²) in [6, 6.07) is 4.01. The minimum atomic E-state index is 0.121. The maximum atomic E-state index is 5.16. The van der Waals surface area contributed by atoms with Crippen LogP contribution in [0, 0.1) is 0 Å². The molecule has 3 heteroatoms. The number of methoxy groups -OCH3 is 1. The van der Waals surface area contributed by atoms with Gasteiger partial charge in [0.15, 0.2) is 0 Å². The van der Waals surface area contributed by atoms with Crippen LogP contribution in [0.1, 0.15) is 26.3 Å². The minimum absolute atomic E-state index is 0.121. The van der Waals surface area contributed by atoms with Gasteiger partial charge in [-0.2, -0.15) is 5.10 Å². The molecular formula is C12H16N2O. The lowest BCUT2D eigenvalue weighted by atomic mass is 9.88. The zero-order valence-corrected chi connectivity index (χ0v) is 9.61. The molecule has 0 saturated heterocycles. The van der Waals surface area contributed by atoms with Crippen LogP contribution in [0.2, 0.25) is 0 Å². The Balaban J connectivity index is 2.62. The number of hydrogen-bond donors (Lipinski definition) is 0. The van der Waals surface area contributed by atoms with Gasteiger partial charge in [0.1, 0.15) is 5.75 Å². The smallest absolute Gasteiger partial charge is 0.137 e. The van der Waals surface area contributed by atoms with E-state index in [1.165, 1.54) is 5.56 Å². The summed E-state index contributed by atoms with van der Waals surface area (Å²) in [5, 5.41) is 4.33. The number of hydrogen-bond acceptors (Lipinski definition) is 2. The standard InChI is InChI=1S/C12H16N2O/c1-12(2,3)10-7-13-14-8-9(15-4)5-6-11(10)14/h5-8H,1-4H3. The molecule has 0 spiro atoms. The number of aromatic nitrogens is 2. The molecular weight excluding hydrogens is 188 g/mol. The van der Waals surface area contributed by atoms with Crippen LogP contribution < -0.4 is 4.74 Å². The number of fused-ring (bicyclic) bond motifs is 1. The van der Waals surface area contributed by atoms with Crippen LogP contribution in [0.15, 0.2) is 24.5 Å². The van der Waals surface area contributed by atoms with Crippen LogP contribution in [-0.4, -0.2) is 16.7 Å². The molecule has 3 nitrogen and oxygen atoms in total. The van der Waals surface area contributed by atoms with Crippen molar-refractivity contribution in [3.8, 4) is 5.75 Å². The highest BCUT2D eigenvalue weighted by atomic mass is 16.5. The molecule has 0 atom stereocenters. The third-order valence-electron chi connectivity index (χ3n) is 2.53. The molecule has 2 aromatic rings. The molecule has 0 N–H and O–H groups in total. The van der Waals surface area contributed by atoms with Gasteiger partial charge in [0.25, 0.3) is 0 Å². The van der Waals surface area contributed by atoms with E-state index in [0.29, 0.717) is 0 Å². The van der Waals surface area contributed by atoms with Crippen molar-refractivity contribution in [3.63, 3.8) is 0 Å². The summed E-state index contributed by atoms with van der Waals surface area (Å²) in [6.07, 6.45) is 3.82. The summed E-state index contributed by atoms with van der Waals surface area (Å²) < 4.78 is 7.02. The van der Waals surface area contributed by atoms with Gasteiger partial charge in [-0.1, -0.05) is 20.8 Å². The van der Waals surface area contributed by atoms with Crippen LogP contribution in [0.25, 0.3) is 5.52 Å². The van der Waals surface area contributed by atoms with Gasteiger partial charge in [0.05, 0.1) is 25.0 Å². The first-order chi connectivity index (χ1) is 7.02. The molecule has 80 valence electrons. The molecule has 2 rings (SSSR count). The molecule has 2 aromatic heterocycles. The van der Waals surface area contributed by atoms with Crippen molar-refractivity contribution < 1.29 is 4.74 Å². The maximum absolute atomic E-state index is 5.16. The average molecular weight is 204 g/mol. The van der Waals surface area contributed by atoms with Crippen molar-refractivity contribution >= 4 is 5.52 Å². The molecule has 2 heterocycles. The van der Waals surface area contributed by atoms with Crippen molar-refractivity contribution in [1.29, 1.82) is 0 Å². The van der Waals surface area contributed by atoms with Crippen molar-refractivity contribution in [2.45, 2.75) is 26.2 Å². The van der Waals surface area contributed by atoms with E-state index in [4.69, 9.17) is 4.74 Å². The molecule has 0 aliphatic heterocycles. The monoisotopic (exact) mass is 204 g/mol. The Morgan fingerprint density at radius 2 is 2.00 bits per heavy atom. The summed E-state index contributed by atoms with van der Waals surface area (Å²) in [5.74, 6) is 0.825. The van der Waals surface area contributed by atoms with Crippen LogP contribution >= 0.6 is 0 Å². The Hall–Kier alpha value is -1.51. The van der Waals surface area contributed by atoms with Gasteiger partial charge in [-0.3, -0.25) is 0 Å². The van der Waals surface area contributed by atoms with Gasteiger partial charge in [0.2, 0.25) is 0 Å². The SMILES string of the molecule is COc1ccc2c(C(C)(C)C)cnn2c1. The molecule has 15 heavy (non-hydrogen) atoms. The number of pyridine rings is 1. The zero-order valence-electron chi connectivity index (χ0n) is 9.61. The van der Waals surface area contributed by atoms with Crippen molar-refractivity contribution in [2.75, 3.05) is 7.11 Å². The second kappa shape index (κ2) is 3.26. The fraction of sp³-hybridized carbons (Fsp3) is 0.417. The van der Waals surface area contributed by atoms with E-state index in [-0.39, 0.29) is 5.41 Å². The molecule has 0 fully saturated rings. The highest BCUT2D eigenvalue weighted by molar-refractivity contribution is 5.57. The second-order valence-electron chi connectivity index (χ2n) is 4.71. The molecule has 0 amide bonds. The van der Waals surface area contributed by atoms with Crippen LogP contribution in [0.4, 0.5) is 0 Å². The first kappa shape index (κ1) is 10.0. The quantitative estimate of drug-likeness (QED) is 0.714. The van der Waals surface area contributed by atoms with Crippen LogP contribution in [-0.2, 0) is 5.41 Å². The molecule has 0 bridgehead atoms. The van der Waals surface area contributed by atoms with E-state index >= 15 is 0 Å². The molecule has 0 radical (unpaired) electrons. The fourth-order valence-corrected chi connectivity index (χ4v) is 1.66. The van der Waals surface area contributed by atoms with E-state index in [9.17, 15) is 0 Å². The lowest BCUT2D eigenvalue weighted by Gasteiger charge is -2.16. The van der Waals surface area contributed by atoms with E-state index in [1.54, 1.807) is 7.11 Å². The lowest BCUT2D eigenvalue weighted by Crippen LogP contribution is -2.10. The lowest BCUT2D eigenvalue weighted by molar-refractivity contribution is 0.411. The van der Waals surface area contributed by atoms with Gasteiger partial charge in [-0.25, -0.2) is 4.52 Å². The molecule has 0 aromatic carbocycles. The van der Waals surface area contributed by atoms with E-state index in [2.05, 4.69) is 25.9 Å². The summed E-state index contributed by atoms with van der Waals surface area (Å²) >= 11 is 0. The summed E-state index contributed by atoms with van der Waals surface area (Å²) in [4.78, 5) is 0. The molecule has 0 saturated carbocycles. The first-order valence-corrected chi connectivity index (χ1v) is 5.04. The highest BCUT2D eigenvalue weighted by Gasteiger charge is 2.18. The third-order valence-corrected chi connectivity index (χ3v) is 2.53. The predicted molar refractivity (Wildman–Crippen MR) is 60.4 cm³/mol. The number of rotatable bonds is 1. The Kier molecular flexibility index (Phi) is 2.18. The van der Waals surface area contributed by atoms with Gasteiger partial charge >= 0.3 is 0 Å². The van der Waals surface area contributed by atoms with Crippen molar-refractivity contribution in [3.05, 3.63) is 30.1 Å². The first-order valence-electron chi connectivity index (χ1n) is 5.04. The van der Waals surface area contributed by atoms with Crippen molar-refractivity contribution in [2.24, 2.45) is 0 Å². The minimum Gasteiger partial charge on any atom is -0.495 e. The summed E-state index contributed by atoms with van der Waals surface area (Å²) in [7, 11) is 1.66. The highest BCUT2D eigenvalue weighted by Crippen LogP contribution is 2.27. The predicted octanol–water partition coefficient (Wildman–Crippen LogP) is 2.64. The maximum Gasteiger partial charge on any atom is 0.137 e. The topological polar surface area (TPSA) is 26.5 Å². The number of ether oxygens (including phenoxy) is 1. The van der Waals surface area contributed by atoms with Crippen LogP contribution in [0.3, 0.4) is 0 Å². The van der Waals surface area contributed by atoms with Gasteiger partial charge in [0, 0.05) is 5.56 Å². The van der Waals surface area contributed by atoms with Crippen LogP contribution in [0.5, 0.6) is 5.75 Å². The third kappa shape index (κ3) is 1.69. The van der Waals surface area contributed by atoms with Gasteiger partial charge in [-0.05, 0) is 17.5 Å². The summed E-state index contributed by atoms with van der Waals surface area (Å²) in [6.45, 7) is 6.57. The van der Waals surface area contributed by atoms with Gasteiger partial charge in [-0.15, -0.1) is 0 Å². The van der Waals surface area contributed by atoms with E-state index in [0.717, 1.165) is 11.3 Å². The largest absolute Gasteiger partial charge is 0.495 e. The Morgan fingerprint density at radius 1 is 1.27 bits per heavy atom. The van der Waals surface area contributed by atoms with E-state index in [1.807, 2.05) is 29.0 Å². The van der Waals surface area contributed by atoms with Gasteiger partial charge < -0.3 is 4.74 Å². The Labute approximate surface area is 89.7 Å². The zero-order chi connectivity index (χ0) is 11.1. The number of nitrogens with zero attached hydrogens (tertiary/aromatic N) is 2. The normalized spacial score (nSPS) is 12.0. The second-order valence-corrected chi connectivity index (χ2v) is 4.71. The van der Waals surface area contributed by atoms with E-state index < -0.39 is 0 Å². The van der Waals surface area contributed by atoms with Crippen molar-refractivity contribution in [1.82, 2.24) is 9.61 Å². The molecule has 0 unspecified atom stereocenters. The average Bonchev–Trinajstić information content (AvgIpc) is 2.59. The molecule has 0 aliphatic rings. The Bertz CT molecular complexity index is 480. The Morgan fingerprint density at radius 3 is 2.60 bits per heavy atom. The molecule has 0 aliphatic carbocycles. The fourth-order valence-electron chi connectivity index (χ4n) is 1.66. The summed E-state index contributed by atoms with van der Waals surface area (Å²) in [5.41, 5.74) is 2.52.